The van der Waals surface area contributed by atoms with Gasteiger partial charge in [0, 0.05) is 25.7 Å². The second kappa shape index (κ2) is 11.4. The van der Waals surface area contributed by atoms with Gasteiger partial charge < -0.3 is 29.6 Å². The number of hydrogen-bond acceptors (Lipinski definition) is 7. The summed E-state index contributed by atoms with van der Waals surface area (Å²) in [6.45, 7) is 3.00. The van der Waals surface area contributed by atoms with Gasteiger partial charge in [0.2, 0.25) is 0 Å². The normalized spacial score (nSPS) is 14.8. The minimum absolute atomic E-state index is 0.0999. The number of nitrogens with one attached hydrogen (secondary N) is 2. The van der Waals surface area contributed by atoms with Crippen molar-refractivity contribution in [3.05, 3.63) is 48.0 Å². The molecule has 1 unspecified atom stereocenters. The third kappa shape index (κ3) is 5.89. The fourth-order valence-corrected chi connectivity index (χ4v) is 3.52. The third-order valence-corrected chi connectivity index (χ3v) is 5.31. The molecule has 2 N–H and O–H groups in total. The molecule has 0 radical (unpaired) electrons. The predicted octanol–water partition coefficient (Wildman–Crippen LogP) is 1.84. The summed E-state index contributed by atoms with van der Waals surface area (Å²) in [7, 11) is 4.63. The van der Waals surface area contributed by atoms with Crippen LogP contribution in [0.3, 0.4) is 0 Å². The molecule has 0 aromatic heterocycles. The fourth-order valence-electron chi connectivity index (χ4n) is 3.52. The number of nitrogens with zero attached hydrogens (tertiary/aromatic N) is 1. The lowest BCUT2D eigenvalue weighted by atomic mass is 10.0. The van der Waals surface area contributed by atoms with E-state index in [4.69, 9.17) is 18.9 Å². The van der Waals surface area contributed by atoms with Gasteiger partial charge in [0.25, 0.3) is 0 Å². The van der Waals surface area contributed by atoms with Crippen LogP contribution in [-0.2, 0) is 14.3 Å². The van der Waals surface area contributed by atoms with Crippen molar-refractivity contribution < 1.29 is 28.5 Å². The van der Waals surface area contributed by atoms with E-state index in [1.807, 2.05) is 24.3 Å². The highest BCUT2D eigenvalue weighted by Gasteiger charge is 2.25. The van der Waals surface area contributed by atoms with E-state index in [2.05, 4.69) is 15.5 Å². The summed E-state index contributed by atoms with van der Waals surface area (Å²) in [5, 5.41) is 5.35. The zero-order valence-corrected chi connectivity index (χ0v) is 18.6. The lowest BCUT2D eigenvalue weighted by Gasteiger charge is -2.35. The standard InChI is InChI=1S/C23H29N3O6/c1-29-17-6-4-16(5-7-17)20(26-10-12-32-13-11-26)15-24-22(27)23(28)25-19-9-8-18(30-2)14-21(19)31-3/h4-9,14,20H,10-13,15H2,1-3H3,(H,24,27)(H,25,28). The van der Waals surface area contributed by atoms with Crippen LogP contribution in [0.4, 0.5) is 5.69 Å². The molecule has 1 heterocycles. The highest BCUT2D eigenvalue weighted by atomic mass is 16.5. The Kier molecular flexibility index (Phi) is 8.29. The Morgan fingerprint density at radius 2 is 1.59 bits per heavy atom. The summed E-state index contributed by atoms with van der Waals surface area (Å²) < 4.78 is 21.1. The first-order chi connectivity index (χ1) is 15.5. The van der Waals surface area contributed by atoms with Crippen molar-refractivity contribution in [1.29, 1.82) is 0 Å². The van der Waals surface area contributed by atoms with Gasteiger partial charge in [-0.25, -0.2) is 0 Å². The largest absolute Gasteiger partial charge is 0.497 e. The van der Waals surface area contributed by atoms with Gasteiger partial charge >= 0.3 is 11.8 Å². The van der Waals surface area contributed by atoms with Gasteiger partial charge in [-0.2, -0.15) is 0 Å². The van der Waals surface area contributed by atoms with E-state index in [1.54, 1.807) is 25.3 Å². The van der Waals surface area contributed by atoms with Crippen LogP contribution in [0.2, 0.25) is 0 Å². The van der Waals surface area contributed by atoms with Gasteiger partial charge in [0.15, 0.2) is 0 Å². The Balaban J connectivity index is 1.66. The third-order valence-electron chi connectivity index (χ3n) is 5.31. The molecule has 32 heavy (non-hydrogen) atoms. The van der Waals surface area contributed by atoms with Crippen LogP contribution >= 0.6 is 0 Å². The number of anilines is 1. The zero-order valence-electron chi connectivity index (χ0n) is 18.6. The van der Waals surface area contributed by atoms with Crippen molar-refractivity contribution in [2.45, 2.75) is 6.04 Å². The maximum absolute atomic E-state index is 12.5. The van der Waals surface area contributed by atoms with E-state index in [0.29, 0.717) is 30.4 Å². The highest BCUT2D eigenvalue weighted by Crippen LogP contribution is 2.29. The fraction of sp³-hybridized carbons (Fsp3) is 0.391. The maximum Gasteiger partial charge on any atom is 0.313 e. The van der Waals surface area contributed by atoms with E-state index in [1.165, 1.54) is 14.2 Å². The lowest BCUT2D eigenvalue weighted by Crippen LogP contribution is -2.45. The van der Waals surface area contributed by atoms with Crippen molar-refractivity contribution in [2.24, 2.45) is 0 Å². The molecule has 0 saturated carbocycles. The molecule has 2 aromatic carbocycles. The number of hydrogen-bond donors (Lipinski definition) is 2. The number of methoxy groups -OCH3 is 3. The molecule has 3 rings (SSSR count). The van der Waals surface area contributed by atoms with E-state index in [9.17, 15) is 9.59 Å². The van der Waals surface area contributed by atoms with Crippen LogP contribution in [0.25, 0.3) is 0 Å². The summed E-state index contributed by atoms with van der Waals surface area (Å²) >= 11 is 0. The van der Waals surface area contributed by atoms with Gasteiger partial charge in [0.1, 0.15) is 17.2 Å². The zero-order chi connectivity index (χ0) is 22.9. The lowest BCUT2D eigenvalue weighted by molar-refractivity contribution is -0.136. The van der Waals surface area contributed by atoms with Crippen LogP contribution < -0.4 is 24.8 Å². The van der Waals surface area contributed by atoms with Crippen molar-refractivity contribution in [3.8, 4) is 17.2 Å². The van der Waals surface area contributed by atoms with Gasteiger partial charge in [-0.3, -0.25) is 14.5 Å². The Morgan fingerprint density at radius 1 is 0.938 bits per heavy atom. The minimum Gasteiger partial charge on any atom is -0.497 e. The monoisotopic (exact) mass is 443 g/mol. The summed E-state index contributed by atoms with van der Waals surface area (Å²) in [4.78, 5) is 27.3. The molecular formula is C23H29N3O6. The van der Waals surface area contributed by atoms with Crippen LogP contribution in [0.1, 0.15) is 11.6 Å². The SMILES string of the molecule is COc1ccc(C(CNC(=O)C(=O)Nc2ccc(OC)cc2OC)N2CCOCC2)cc1. The van der Waals surface area contributed by atoms with Gasteiger partial charge in [-0.15, -0.1) is 0 Å². The molecule has 1 aliphatic rings. The molecule has 0 spiro atoms. The first kappa shape index (κ1) is 23.4. The number of ether oxygens (including phenoxy) is 4. The van der Waals surface area contributed by atoms with E-state index in [0.717, 1.165) is 24.4 Å². The average molecular weight is 444 g/mol. The van der Waals surface area contributed by atoms with Crippen LogP contribution in [0, 0.1) is 0 Å². The molecule has 9 heteroatoms. The second-order valence-electron chi connectivity index (χ2n) is 7.17. The highest BCUT2D eigenvalue weighted by molar-refractivity contribution is 6.39. The molecule has 1 saturated heterocycles. The number of amides is 2. The number of benzene rings is 2. The quantitative estimate of drug-likeness (QED) is 0.601. The molecule has 2 amide bonds. The van der Waals surface area contributed by atoms with Gasteiger partial charge in [-0.05, 0) is 29.8 Å². The summed E-state index contributed by atoms with van der Waals surface area (Å²) in [5.74, 6) is 0.233. The number of morpholine rings is 1. The second-order valence-corrected chi connectivity index (χ2v) is 7.17. The molecule has 9 nitrogen and oxygen atoms in total. The Hall–Kier alpha value is -3.30. The summed E-state index contributed by atoms with van der Waals surface area (Å²) in [5.41, 5.74) is 1.40. The number of rotatable bonds is 8. The van der Waals surface area contributed by atoms with Crippen molar-refractivity contribution >= 4 is 17.5 Å². The van der Waals surface area contributed by atoms with Crippen molar-refractivity contribution in [1.82, 2.24) is 10.2 Å². The summed E-state index contributed by atoms with van der Waals surface area (Å²) in [6, 6.07) is 12.5. The molecule has 2 aromatic rings. The van der Waals surface area contributed by atoms with Crippen LogP contribution in [0.5, 0.6) is 17.2 Å². The topological polar surface area (TPSA) is 98.4 Å². The first-order valence-electron chi connectivity index (χ1n) is 10.3. The molecular weight excluding hydrogens is 414 g/mol. The van der Waals surface area contributed by atoms with Crippen LogP contribution in [0.15, 0.2) is 42.5 Å². The molecule has 172 valence electrons. The van der Waals surface area contributed by atoms with Gasteiger partial charge in [-0.1, -0.05) is 12.1 Å². The first-order valence-corrected chi connectivity index (χ1v) is 10.3. The minimum atomic E-state index is -0.774. The predicted molar refractivity (Wildman–Crippen MR) is 119 cm³/mol. The molecule has 1 aliphatic heterocycles. The number of carbonyl (C=O) groups excluding carboxylic acids is 2. The average Bonchev–Trinajstić information content (AvgIpc) is 2.85. The van der Waals surface area contributed by atoms with Crippen molar-refractivity contribution in [2.75, 3.05) is 59.5 Å². The molecule has 0 aliphatic carbocycles. The van der Waals surface area contributed by atoms with Gasteiger partial charge in [0.05, 0.1) is 46.3 Å². The van der Waals surface area contributed by atoms with E-state index >= 15 is 0 Å². The smallest absolute Gasteiger partial charge is 0.313 e. The Labute approximate surface area is 187 Å². The molecule has 1 fully saturated rings. The van der Waals surface area contributed by atoms with E-state index in [-0.39, 0.29) is 12.6 Å². The van der Waals surface area contributed by atoms with Crippen LogP contribution in [-0.4, -0.2) is 70.9 Å². The van der Waals surface area contributed by atoms with Crippen molar-refractivity contribution in [3.63, 3.8) is 0 Å². The molecule has 1 atom stereocenters. The Bertz CT molecular complexity index is 912. The number of carbonyl (C=O) groups is 2. The summed E-state index contributed by atoms with van der Waals surface area (Å²) in [6.07, 6.45) is 0. The molecule has 0 bridgehead atoms. The Morgan fingerprint density at radius 3 is 2.22 bits per heavy atom. The maximum atomic E-state index is 12.5. The van der Waals surface area contributed by atoms with E-state index < -0.39 is 11.8 Å².